The molecule has 0 radical (unpaired) electrons. The van der Waals surface area contributed by atoms with Crippen LogP contribution in [-0.4, -0.2) is 0 Å². The number of rotatable bonds is 3. The predicted octanol–water partition coefficient (Wildman–Crippen LogP) is -0.484. The Labute approximate surface area is 84.8 Å². The maximum absolute atomic E-state index is 6.07. The molecule has 0 bridgehead atoms. The van der Waals surface area contributed by atoms with Crippen molar-refractivity contribution in [3.63, 3.8) is 0 Å². The highest BCUT2D eigenvalue weighted by Crippen LogP contribution is 2.09. The molecule has 1 atom stereocenters. The Morgan fingerprint density at radius 1 is 1.25 bits per heavy atom. The molecule has 0 fully saturated rings. The van der Waals surface area contributed by atoms with Crippen LogP contribution in [0.5, 0.6) is 0 Å². The molecule has 3 heteroatoms. The molecule has 0 spiro atoms. The summed E-state index contributed by atoms with van der Waals surface area (Å²) in [4.78, 5) is 0. The summed E-state index contributed by atoms with van der Waals surface area (Å²) >= 11 is 6.07. The number of hydrogen-bond donors (Lipinski definition) is 0. The zero-order chi connectivity index (χ0) is 8.10. The van der Waals surface area contributed by atoms with Crippen molar-refractivity contribution in [2.24, 2.45) is 0 Å². The fraction of sp³-hybridized carbons (Fsp3) is 0.444. The van der Waals surface area contributed by atoms with Crippen molar-refractivity contribution in [1.82, 2.24) is 0 Å². The lowest BCUT2D eigenvalue weighted by atomic mass is 10.3. The molecule has 0 aromatic carbocycles. The molecule has 1 unspecified atom stereocenters. The molecule has 1 aromatic heterocycles. The summed E-state index contributed by atoms with van der Waals surface area (Å²) in [5.74, 6) is 0. The highest BCUT2D eigenvalue weighted by atomic mass is 35.5. The van der Waals surface area contributed by atoms with Crippen LogP contribution in [0.15, 0.2) is 30.6 Å². The van der Waals surface area contributed by atoms with Crippen molar-refractivity contribution < 1.29 is 17.0 Å². The summed E-state index contributed by atoms with van der Waals surface area (Å²) in [7, 11) is 0. The molecular formula is C9H13Cl2N. The van der Waals surface area contributed by atoms with E-state index >= 15 is 0 Å². The third kappa shape index (κ3) is 3.42. The van der Waals surface area contributed by atoms with Gasteiger partial charge in [0, 0.05) is 18.6 Å². The van der Waals surface area contributed by atoms with Crippen molar-refractivity contribution in [2.45, 2.75) is 25.3 Å². The van der Waals surface area contributed by atoms with E-state index < -0.39 is 0 Å². The van der Waals surface area contributed by atoms with Crippen LogP contribution in [0.4, 0.5) is 0 Å². The van der Waals surface area contributed by atoms with Gasteiger partial charge in [0.2, 0.25) is 5.50 Å². The first kappa shape index (κ1) is 11.7. The molecule has 0 N–H and O–H groups in total. The Balaban J connectivity index is 0.00000121. The van der Waals surface area contributed by atoms with E-state index in [1.54, 1.807) is 0 Å². The second kappa shape index (κ2) is 6.27. The fourth-order valence-corrected chi connectivity index (χ4v) is 1.33. The van der Waals surface area contributed by atoms with Crippen LogP contribution in [-0.2, 0) is 0 Å². The average Bonchev–Trinajstić information content (AvgIpc) is 2.07. The highest BCUT2D eigenvalue weighted by Gasteiger charge is 2.10. The summed E-state index contributed by atoms with van der Waals surface area (Å²) in [5.41, 5.74) is 0.112. The molecule has 0 saturated carbocycles. The van der Waals surface area contributed by atoms with Crippen LogP contribution in [0.2, 0.25) is 0 Å². The van der Waals surface area contributed by atoms with Crippen molar-refractivity contribution in [3.8, 4) is 0 Å². The lowest BCUT2D eigenvalue weighted by Gasteiger charge is -2.00. The number of hydrogen-bond acceptors (Lipinski definition) is 0. The second-order valence-electron chi connectivity index (χ2n) is 2.55. The standard InChI is InChI=1S/C9H13ClN.ClH/c1-2-6-9(10)11-7-4-3-5-8-11;/h3-5,7-9H,2,6H2,1H3;1H/q+1;/p-1. The van der Waals surface area contributed by atoms with Crippen LogP contribution in [0.25, 0.3) is 0 Å². The summed E-state index contributed by atoms with van der Waals surface area (Å²) in [6.45, 7) is 2.14. The van der Waals surface area contributed by atoms with Gasteiger partial charge in [-0.3, -0.25) is 0 Å². The Morgan fingerprint density at radius 2 is 1.83 bits per heavy atom. The largest absolute Gasteiger partial charge is 1.00 e. The number of nitrogens with zero attached hydrogens (tertiary/aromatic N) is 1. The minimum atomic E-state index is 0. The Morgan fingerprint density at radius 3 is 2.33 bits per heavy atom. The molecule has 1 aromatic rings. The first-order valence-electron chi connectivity index (χ1n) is 3.94. The number of aromatic nitrogens is 1. The normalized spacial score (nSPS) is 11.8. The van der Waals surface area contributed by atoms with Gasteiger partial charge in [-0.05, 0) is 18.0 Å². The third-order valence-corrected chi connectivity index (χ3v) is 2.03. The zero-order valence-corrected chi connectivity index (χ0v) is 8.59. The third-order valence-electron chi connectivity index (χ3n) is 1.59. The van der Waals surface area contributed by atoms with Gasteiger partial charge in [0.25, 0.3) is 0 Å². The van der Waals surface area contributed by atoms with Crippen molar-refractivity contribution >= 4 is 11.6 Å². The van der Waals surface area contributed by atoms with Gasteiger partial charge in [-0.25, -0.2) is 0 Å². The van der Waals surface area contributed by atoms with E-state index in [0.717, 1.165) is 12.8 Å². The van der Waals surface area contributed by atoms with Gasteiger partial charge in [-0.1, -0.05) is 13.0 Å². The lowest BCUT2D eigenvalue weighted by molar-refractivity contribution is -0.703. The predicted molar refractivity (Wildman–Crippen MR) is 46.4 cm³/mol. The highest BCUT2D eigenvalue weighted by molar-refractivity contribution is 6.17. The van der Waals surface area contributed by atoms with Crippen molar-refractivity contribution in [3.05, 3.63) is 30.6 Å². The van der Waals surface area contributed by atoms with Gasteiger partial charge in [0.15, 0.2) is 12.4 Å². The van der Waals surface area contributed by atoms with Gasteiger partial charge in [-0.2, -0.15) is 4.57 Å². The molecule has 1 rings (SSSR count). The van der Waals surface area contributed by atoms with E-state index in [1.807, 2.05) is 35.2 Å². The molecule has 0 saturated heterocycles. The van der Waals surface area contributed by atoms with Gasteiger partial charge < -0.3 is 12.4 Å². The summed E-state index contributed by atoms with van der Waals surface area (Å²) in [6, 6.07) is 5.97. The maximum Gasteiger partial charge on any atom is 0.232 e. The minimum Gasteiger partial charge on any atom is -1.00 e. The molecule has 0 amide bonds. The van der Waals surface area contributed by atoms with Crippen LogP contribution in [0, 0.1) is 0 Å². The van der Waals surface area contributed by atoms with E-state index in [0.29, 0.717) is 0 Å². The molecule has 1 heterocycles. The van der Waals surface area contributed by atoms with Crippen molar-refractivity contribution in [1.29, 1.82) is 0 Å². The quantitative estimate of drug-likeness (QED) is 0.464. The van der Waals surface area contributed by atoms with E-state index in [9.17, 15) is 0 Å². The number of alkyl halides is 1. The molecule has 1 nitrogen and oxygen atoms in total. The minimum absolute atomic E-state index is 0. The first-order valence-corrected chi connectivity index (χ1v) is 4.38. The van der Waals surface area contributed by atoms with Crippen molar-refractivity contribution in [2.75, 3.05) is 0 Å². The fourth-order valence-electron chi connectivity index (χ4n) is 0.986. The van der Waals surface area contributed by atoms with E-state index in [1.165, 1.54) is 0 Å². The summed E-state index contributed by atoms with van der Waals surface area (Å²) < 4.78 is 2.02. The Hall–Kier alpha value is -0.270. The molecule has 12 heavy (non-hydrogen) atoms. The maximum atomic E-state index is 6.07. The van der Waals surface area contributed by atoms with Crippen LogP contribution < -0.4 is 17.0 Å². The summed E-state index contributed by atoms with van der Waals surface area (Å²) in [6.07, 6.45) is 6.13. The van der Waals surface area contributed by atoms with Crippen LogP contribution >= 0.6 is 11.6 Å². The first-order chi connectivity index (χ1) is 5.34. The Bertz CT molecular complexity index is 201. The van der Waals surface area contributed by atoms with Gasteiger partial charge in [0.05, 0.1) is 0 Å². The molecule has 68 valence electrons. The number of pyridine rings is 1. The van der Waals surface area contributed by atoms with E-state index in [-0.39, 0.29) is 17.9 Å². The lowest BCUT2D eigenvalue weighted by Crippen LogP contribution is -3.00. The number of halogens is 2. The van der Waals surface area contributed by atoms with E-state index in [2.05, 4.69) is 6.92 Å². The molecule has 0 aliphatic heterocycles. The van der Waals surface area contributed by atoms with Gasteiger partial charge >= 0.3 is 0 Å². The molecular weight excluding hydrogens is 193 g/mol. The van der Waals surface area contributed by atoms with Gasteiger partial charge in [-0.15, -0.1) is 0 Å². The smallest absolute Gasteiger partial charge is 0.232 e. The van der Waals surface area contributed by atoms with Gasteiger partial charge in [0.1, 0.15) is 0 Å². The topological polar surface area (TPSA) is 3.88 Å². The van der Waals surface area contributed by atoms with Crippen LogP contribution in [0.1, 0.15) is 25.3 Å². The second-order valence-corrected chi connectivity index (χ2v) is 3.05. The molecule has 0 aliphatic rings. The summed E-state index contributed by atoms with van der Waals surface area (Å²) in [5, 5.41) is 0. The van der Waals surface area contributed by atoms with E-state index in [4.69, 9.17) is 11.6 Å². The van der Waals surface area contributed by atoms with Crippen LogP contribution in [0.3, 0.4) is 0 Å². The zero-order valence-electron chi connectivity index (χ0n) is 7.08. The SMILES string of the molecule is CCCC(Cl)[n+]1ccccc1.[Cl-]. The Kier molecular flexibility index (Phi) is 6.13. The average molecular weight is 206 g/mol. The molecule has 0 aliphatic carbocycles. The monoisotopic (exact) mass is 205 g/mol.